The minimum Gasteiger partial charge on any atom is -0.379 e. The molecule has 0 aliphatic carbocycles. The fourth-order valence-corrected chi connectivity index (χ4v) is 3.69. The van der Waals surface area contributed by atoms with Crippen LogP contribution >= 0.6 is 24.8 Å². The summed E-state index contributed by atoms with van der Waals surface area (Å²) in [6, 6.07) is 17.4. The maximum absolute atomic E-state index is 13.9. The number of aromatic nitrogens is 1. The van der Waals surface area contributed by atoms with Crippen molar-refractivity contribution >= 4 is 35.7 Å². The average molecular weight is 423 g/mol. The number of hydrogen-bond donors (Lipinski definition) is 0. The molecule has 1 saturated heterocycles. The molecule has 1 fully saturated rings. The predicted molar refractivity (Wildman–Crippen MR) is 116 cm³/mol. The molecule has 1 aliphatic rings. The molecule has 2 heterocycles. The second-order valence-electron chi connectivity index (χ2n) is 6.81. The van der Waals surface area contributed by atoms with Gasteiger partial charge in [0.15, 0.2) is 0 Å². The number of fused-ring (bicyclic) bond motifs is 1. The molecule has 1 unspecified atom stereocenters. The second-order valence-corrected chi connectivity index (χ2v) is 6.81. The van der Waals surface area contributed by atoms with Crippen LogP contribution in [0.15, 0.2) is 60.8 Å². The van der Waals surface area contributed by atoms with Crippen molar-refractivity contribution in [1.82, 2.24) is 9.88 Å². The molecule has 3 nitrogen and oxygen atoms in total. The van der Waals surface area contributed by atoms with Gasteiger partial charge in [0.05, 0.1) is 18.7 Å². The van der Waals surface area contributed by atoms with Gasteiger partial charge in [0.1, 0.15) is 5.82 Å². The molecule has 6 heteroatoms. The van der Waals surface area contributed by atoms with Gasteiger partial charge in [0.25, 0.3) is 0 Å². The van der Waals surface area contributed by atoms with Crippen molar-refractivity contribution in [3.63, 3.8) is 0 Å². The van der Waals surface area contributed by atoms with Crippen LogP contribution < -0.4 is 0 Å². The number of halogens is 3. The van der Waals surface area contributed by atoms with Crippen LogP contribution in [0.2, 0.25) is 0 Å². The Bertz CT molecular complexity index is 887. The molecule has 0 radical (unpaired) electrons. The summed E-state index contributed by atoms with van der Waals surface area (Å²) in [7, 11) is 0. The third-order valence-electron chi connectivity index (χ3n) is 5.12. The fourth-order valence-electron chi connectivity index (χ4n) is 3.69. The first-order chi connectivity index (χ1) is 12.8. The molecule has 28 heavy (non-hydrogen) atoms. The predicted octanol–water partition coefficient (Wildman–Crippen LogP) is 5.07. The van der Waals surface area contributed by atoms with Crippen LogP contribution in [-0.2, 0) is 4.74 Å². The van der Waals surface area contributed by atoms with E-state index in [1.807, 2.05) is 18.3 Å². The van der Waals surface area contributed by atoms with E-state index < -0.39 is 0 Å². The SMILES string of the molecule is Cl.Cl.Fc1cccc(C(CCN2CCOCC2)c2ccc3cccnc3c2)c1. The number of hydrogen-bond acceptors (Lipinski definition) is 3. The van der Waals surface area contributed by atoms with Crippen LogP contribution in [0.3, 0.4) is 0 Å². The highest BCUT2D eigenvalue weighted by molar-refractivity contribution is 5.85. The Balaban J connectivity index is 0.00000140. The zero-order valence-electron chi connectivity index (χ0n) is 15.6. The first-order valence-corrected chi connectivity index (χ1v) is 9.20. The third-order valence-corrected chi connectivity index (χ3v) is 5.12. The summed E-state index contributed by atoms with van der Waals surface area (Å²) in [5.41, 5.74) is 3.20. The number of nitrogens with zero attached hydrogens (tertiary/aromatic N) is 2. The molecule has 1 aliphatic heterocycles. The number of benzene rings is 2. The van der Waals surface area contributed by atoms with Gasteiger partial charge in [-0.1, -0.05) is 30.3 Å². The number of morpholine rings is 1. The normalized spacial score (nSPS) is 15.5. The minimum atomic E-state index is -0.183. The topological polar surface area (TPSA) is 25.4 Å². The van der Waals surface area contributed by atoms with Crippen LogP contribution in [0.25, 0.3) is 10.9 Å². The molecule has 0 N–H and O–H groups in total. The molecule has 4 rings (SSSR count). The van der Waals surface area contributed by atoms with E-state index in [2.05, 4.69) is 34.1 Å². The van der Waals surface area contributed by atoms with Gasteiger partial charge in [-0.05, 0) is 48.4 Å². The van der Waals surface area contributed by atoms with E-state index in [4.69, 9.17) is 4.74 Å². The van der Waals surface area contributed by atoms with Crippen molar-refractivity contribution in [2.24, 2.45) is 0 Å². The highest BCUT2D eigenvalue weighted by Gasteiger charge is 2.18. The molecule has 0 saturated carbocycles. The van der Waals surface area contributed by atoms with Gasteiger partial charge >= 0.3 is 0 Å². The average Bonchev–Trinajstić information content (AvgIpc) is 2.69. The van der Waals surface area contributed by atoms with Crippen LogP contribution in [0.5, 0.6) is 0 Å². The number of rotatable bonds is 5. The van der Waals surface area contributed by atoms with E-state index in [1.54, 1.807) is 12.1 Å². The zero-order chi connectivity index (χ0) is 17.8. The highest BCUT2D eigenvalue weighted by atomic mass is 35.5. The third kappa shape index (κ3) is 5.42. The molecule has 0 spiro atoms. The summed E-state index contributed by atoms with van der Waals surface area (Å²) in [5, 5.41) is 1.13. The lowest BCUT2D eigenvalue weighted by atomic mass is 9.87. The standard InChI is InChI=1S/C22H23FN2O.2ClH/c23-20-5-1-3-18(15-20)21(8-10-25-11-13-26-14-12-25)19-7-6-17-4-2-9-24-22(17)16-19;;/h1-7,9,15-16,21H,8,10-14H2;2*1H. The number of pyridine rings is 1. The van der Waals surface area contributed by atoms with Crippen molar-refractivity contribution < 1.29 is 9.13 Å². The van der Waals surface area contributed by atoms with Gasteiger partial charge in [-0.3, -0.25) is 9.88 Å². The van der Waals surface area contributed by atoms with Gasteiger partial charge in [-0.15, -0.1) is 24.8 Å². The van der Waals surface area contributed by atoms with E-state index in [9.17, 15) is 4.39 Å². The maximum atomic E-state index is 13.9. The van der Waals surface area contributed by atoms with Crippen molar-refractivity contribution in [1.29, 1.82) is 0 Å². The van der Waals surface area contributed by atoms with E-state index in [0.717, 1.165) is 55.7 Å². The largest absolute Gasteiger partial charge is 0.379 e. The van der Waals surface area contributed by atoms with Crippen LogP contribution in [-0.4, -0.2) is 42.7 Å². The van der Waals surface area contributed by atoms with E-state index in [-0.39, 0.29) is 36.5 Å². The summed E-state index contributed by atoms with van der Waals surface area (Å²) in [5.74, 6) is -0.0299. The monoisotopic (exact) mass is 422 g/mol. The molecule has 1 atom stereocenters. The van der Waals surface area contributed by atoms with Crippen LogP contribution in [0.1, 0.15) is 23.5 Å². The Labute approximate surface area is 177 Å². The molecule has 3 aromatic rings. The Morgan fingerprint density at radius 2 is 1.75 bits per heavy atom. The van der Waals surface area contributed by atoms with E-state index in [1.165, 1.54) is 11.6 Å². The fraction of sp³-hybridized carbons (Fsp3) is 0.318. The van der Waals surface area contributed by atoms with Gasteiger partial charge in [-0.2, -0.15) is 0 Å². The van der Waals surface area contributed by atoms with Crippen molar-refractivity contribution in [2.45, 2.75) is 12.3 Å². The van der Waals surface area contributed by atoms with E-state index in [0.29, 0.717) is 0 Å². The molecule has 0 bridgehead atoms. The van der Waals surface area contributed by atoms with Crippen LogP contribution in [0.4, 0.5) is 4.39 Å². The lowest BCUT2D eigenvalue weighted by molar-refractivity contribution is 0.0369. The first kappa shape index (κ1) is 22.6. The Kier molecular flexibility index (Phi) is 8.64. The second kappa shape index (κ2) is 10.7. The Morgan fingerprint density at radius 3 is 2.54 bits per heavy atom. The smallest absolute Gasteiger partial charge is 0.123 e. The van der Waals surface area contributed by atoms with Gasteiger partial charge in [0.2, 0.25) is 0 Å². The quantitative estimate of drug-likeness (QED) is 0.573. The maximum Gasteiger partial charge on any atom is 0.123 e. The van der Waals surface area contributed by atoms with Gasteiger partial charge < -0.3 is 4.74 Å². The molecule has 0 amide bonds. The highest BCUT2D eigenvalue weighted by Crippen LogP contribution is 2.30. The summed E-state index contributed by atoms with van der Waals surface area (Å²) >= 11 is 0. The van der Waals surface area contributed by atoms with Crippen molar-refractivity contribution in [3.8, 4) is 0 Å². The minimum absolute atomic E-state index is 0. The summed E-state index contributed by atoms with van der Waals surface area (Å²) in [4.78, 5) is 6.91. The molecule has 1 aromatic heterocycles. The van der Waals surface area contributed by atoms with E-state index >= 15 is 0 Å². The van der Waals surface area contributed by atoms with Gasteiger partial charge in [0, 0.05) is 30.6 Å². The lowest BCUT2D eigenvalue weighted by Gasteiger charge is -2.28. The Morgan fingerprint density at radius 1 is 0.964 bits per heavy atom. The Hall–Kier alpha value is -1.72. The lowest BCUT2D eigenvalue weighted by Crippen LogP contribution is -2.37. The summed E-state index contributed by atoms with van der Waals surface area (Å²) < 4.78 is 19.3. The van der Waals surface area contributed by atoms with Crippen molar-refractivity contribution in [3.05, 3.63) is 77.7 Å². The molecule has 150 valence electrons. The molecular weight excluding hydrogens is 398 g/mol. The first-order valence-electron chi connectivity index (χ1n) is 9.20. The summed E-state index contributed by atoms with van der Waals surface area (Å²) in [6.07, 6.45) is 2.76. The zero-order valence-corrected chi connectivity index (χ0v) is 17.2. The van der Waals surface area contributed by atoms with Crippen LogP contribution in [0, 0.1) is 5.82 Å². The number of ether oxygens (including phenoxy) is 1. The van der Waals surface area contributed by atoms with Crippen molar-refractivity contribution in [2.75, 3.05) is 32.8 Å². The summed E-state index contributed by atoms with van der Waals surface area (Å²) in [6.45, 7) is 4.50. The van der Waals surface area contributed by atoms with Gasteiger partial charge in [-0.25, -0.2) is 4.39 Å². The molecule has 2 aromatic carbocycles. The molecular formula is C22H25Cl2FN2O.